The van der Waals surface area contributed by atoms with Gasteiger partial charge in [-0.3, -0.25) is 4.79 Å². The highest BCUT2D eigenvalue weighted by molar-refractivity contribution is 5.77. The van der Waals surface area contributed by atoms with E-state index in [1.807, 2.05) is 0 Å². The van der Waals surface area contributed by atoms with Gasteiger partial charge in [0.2, 0.25) is 0 Å². The zero-order chi connectivity index (χ0) is 11.7. The van der Waals surface area contributed by atoms with Gasteiger partial charge in [-0.15, -0.1) is 5.76 Å². The monoisotopic (exact) mass is 223 g/mol. The van der Waals surface area contributed by atoms with Crippen LogP contribution >= 0.6 is 0 Å². The molecule has 1 N–H and O–H groups in total. The second kappa shape index (κ2) is 4.20. The van der Waals surface area contributed by atoms with Gasteiger partial charge in [0.25, 0.3) is 0 Å². The Kier molecular flexibility index (Phi) is 2.90. The number of carbonyl (C=O) groups is 1. The van der Waals surface area contributed by atoms with E-state index >= 15 is 0 Å². The molecule has 0 aromatic heterocycles. The number of rotatable bonds is 3. The first-order chi connectivity index (χ1) is 7.63. The van der Waals surface area contributed by atoms with Gasteiger partial charge in [-0.2, -0.15) is 0 Å². The number of carbonyl (C=O) groups excluding carboxylic acids is 1. The number of ether oxygens (including phenoxy) is 1. The molecular formula is C12H15O4-. The van der Waals surface area contributed by atoms with Crippen LogP contribution in [0.25, 0.3) is 0 Å². The number of esters is 1. The smallest absolute Gasteiger partial charge is 0.309 e. The van der Waals surface area contributed by atoms with E-state index in [1.165, 1.54) is 6.08 Å². The lowest BCUT2D eigenvalue weighted by Gasteiger charge is -2.21. The van der Waals surface area contributed by atoms with E-state index in [1.54, 1.807) is 6.92 Å². The quantitative estimate of drug-likeness (QED) is 0.726. The number of aliphatic hydroxyl groups is 1. The molecule has 4 heteroatoms. The summed E-state index contributed by atoms with van der Waals surface area (Å²) in [7, 11) is 0. The topological polar surface area (TPSA) is 69.6 Å². The van der Waals surface area contributed by atoms with Crippen LogP contribution in [0.5, 0.6) is 0 Å². The Labute approximate surface area is 94.2 Å². The van der Waals surface area contributed by atoms with E-state index in [4.69, 9.17) is 4.74 Å². The molecule has 0 aromatic carbocycles. The molecule has 4 nitrogen and oxygen atoms in total. The lowest BCUT2D eigenvalue weighted by Crippen LogP contribution is -2.14. The summed E-state index contributed by atoms with van der Waals surface area (Å²) in [5.41, 5.74) is 0.599. The van der Waals surface area contributed by atoms with Crippen LogP contribution in [-0.4, -0.2) is 17.7 Å². The molecule has 2 rings (SSSR count). The van der Waals surface area contributed by atoms with Crippen molar-refractivity contribution in [2.45, 2.75) is 26.2 Å². The number of hydrogen-bond donors (Lipinski definition) is 1. The molecule has 0 aliphatic heterocycles. The number of allylic oxidation sites excluding steroid dienone is 4. The molecule has 0 unspecified atom stereocenters. The Morgan fingerprint density at radius 2 is 2.38 bits per heavy atom. The Morgan fingerprint density at radius 3 is 3.06 bits per heavy atom. The average molecular weight is 223 g/mol. The predicted molar refractivity (Wildman–Crippen MR) is 55.2 cm³/mol. The van der Waals surface area contributed by atoms with E-state index in [0.29, 0.717) is 31.4 Å². The molecule has 88 valence electrons. The largest absolute Gasteiger partial charge is 0.875 e. The Bertz CT molecular complexity index is 367. The molecule has 0 amide bonds. The third-order valence-electron chi connectivity index (χ3n) is 3.03. The normalized spacial score (nSPS) is 28.7. The Balaban J connectivity index is 2.04. The second-order valence-corrected chi connectivity index (χ2v) is 4.21. The summed E-state index contributed by atoms with van der Waals surface area (Å²) in [4.78, 5) is 11.4. The molecule has 0 radical (unpaired) electrons. The molecular weight excluding hydrogens is 208 g/mol. The van der Waals surface area contributed by atoms with Crippen molar-refractivity contribution in [2.24, 2.45) is 11.8 Å². The first-order valence-corrected chi connectivity index (χ1v) is 5.59. The first-order valence-electron chi connectivity index (χ1n) is 5.59. The van der Waals surface area contributed by atoms with Gasteiger partial charge < -0.3 is 14.9 Å². The summed E-state index contributed by atoms with van der Waals surface area (Å²) in [6.07, 6.45) is 2.96. The molecule has 2 atom stereocenters. The predicted octanol–water partition coefficient (Wildman–Crippen LogP) is 1.04. The van der Waals surface area contributed by atoms with E-state index in [2.05, 4.69) is 0 Å². The first kappa shape index (κ1) is 11.0. The molecule has 0 heterocycles. The molecule has 1 saturated carbocycles. The van der Waals surface area contributed by atoms with E-state index in [-0.39, 0.29) is 29.3 Å². The second-order valence-electron chi connectivity index (χ2n) is 4.21. The minimum absolute atomic E-state index is 0.0333. The van der Waals surface area contributed by atoms with Gasteiger partial charge in [-0.05, 0) is 31.8 Å². The van der Waals surface area contributed by atoms with Crippen LogP contribution in [-0.2, 0) is 9.53 Å². The SMILES string of the molecule is CCOC(=O)[C@H]1C[C@@H]1C1=C([O-])CCC(O)=C1. The van der Waals surface area contributed by atoms with Crippen LogP contribution in [0.3, 0.4) is 0 Å². The minimum Gasteiger partial charge on any atom is -0.875 e. The lowest BCUT2D eigenvalue weighted by molar-refractivity contribution is -0.308. The van der Waals surface area contributed by atoms with Gasteiger partial charge >= 0.3 is 5.97 Å². The van der Waals surface area contributed by atoms with Crippen molar-refractivity contribution in [3.05, 3.63) is 23.2 Å². The summed E-state index contributed by atoms with van der Waals surface area (Å²) < 4.78 is 4.90. The Morgan fingerprint density at radius 1 is 1.62 bits per heavy atom. The van der Waals surface area contributed by atoms with Crippen molar-refractivity contribution in [3.8, 4) is 0 Å². The van der Waals surface area contributed by atoms with Crippen LogP contribution in [0.2, 0.25) is 0 Å². The van der Waals surface area contributed by atoms with Crippen molar-refractivity contribution in [1.29, 1.82) is 0 Å². The number of hydrogen-bond acceptors (Lipinski definition) is 4. The Hall–Kier alpha value is -1.45. The van der Waals surface area contributed by atoms with E-state index in [9.17, 15) is 15.0 Å². The van der Waals surface area contributed by atoms with Crippen LogP contribution in [0.1, 0.15) is 26.2 Å². The van der Waals surface area contributed by atoms with Crippen molar-refractivity contribution < 1.29 is 19.7 Å². The van der Waals surface area contributed by atoms with Gasteiger partial charge in [-0.25, -0.2) is 0 Å². The van der Waals surface area contributed by atoms with Crippen molar-refractivity contribution in [2.75, 3.05) is 6.61 Å². The van der Waals surface area contributed by atoms with Crippen molar-refractivity contribution >= 4 is 5.97 Å². The zero-order valence-corrected chi connectivity index (χ0v) is 9.23. The summed E-state index contributed by atoms with van der Waals surface area (Å²) in [6, 6.07) is 0. The highest BCUT2D eigenvalue weighted by atomic mass is 16.5. The fourth-order valence-electron chi connectivity index (χ4n) is 2.08. The molecule has 0 aromatic rings. The van der Waals surface area contributed by atoms with Crippen LogP contribution < -0.4 is 5.11 Å². The minimum atomic E-state index is -0.230. The molecule has 2 aliphatic carbocycles. The van der Waals surface area contributed by atoms with Gasteiger partial charge in [0.1, 0.15) is 0 Å². The maximum Gasteiger partial charge on any atom is 0.309 e. The maximum atomic E-state index is 11.6. The van der Waals surface area contributed by atoms with E-state index in [0.717, 1.165) is 0 Å². The summed E-state index contributed by atoms with van der Waals surface area (Å²) in [5.74, 6) is -0.153. The zero-order valence-electron chi connectivity index (χ0n) is 9.23. The van der Waals surface area contributed by atoms with Crippen LogP contribution in [0.4, 0.5) is 0 Å². The maximum absolute atomic E-state index is 11.6. The van der Waals surface area contributed by atoms with Crippen molar-refractivity contribution in [1.82, 2.24) is 0 Å². The average Bonchev–Trinajstić information content (AvgIpc) is 3.02. The highest BCUT2D eigenvalue weighted by Gasteiger charge is 2.46. The fourth-order valence-corrected chi connectivity index (χ4v) is 2.08. The summed E-state index contributed by atoms with van der Waals surface area (Å²) >= 11 is 0. The highest BCUT2D eigenvalue weighted by Crippen LogP contribution is 2.47. The standard InChI is InChI=1S/C12H16O4/c1-2-16-12(15)10-6-8(10)9-5-7(13)3-4-11(9)14/h5,8,10,13-14H,2-4,6H2,1H3/p-1/t8-,10+/m1/s1. The molecule has 0 bridgehead atoms. The van der Waals surface area contributed by atoms with Crippen LogP contribution in [0, 0.1) is 11.8 Å². The number of aliphatic hydroxyl groups excluding tert-OH is 1. The summed E-state index contributed by atoms with van der Waals surface area (Å²) in [6.45, 7) is 2.13. The molecule has 1 fully saturated rings. The van der Waals surface area contributed by atoms with Gasteiger partial charge in [0.15, 0.2) is 0 Å². The molecule has 0 spiro atoms. The van der Waals surface area contributed by atoms with Gasteiger partial charge in [0, 0.05) is 6.42 Å². The lowest BCUT2D eigenvalue weighted by atomic mass is 9.99. The van der Waals surface area contributed by atoms with Gasteiger partial charge in [0.05, 0.1) is 18.3 Å². The molecule has 0 saturated heterocycles. The summed E-state index contributed by atoms with van der Waals surface area (Å²) in [5, 5.41) is 21.0. The molecule has 16 heavy (non-hydrogen) atoms. The van der Waals surface area contributed by atoms with Crippen molar-refractivity contribution in [3.63, 3.8) is 0 Å². The van der Waals surface area contributed by atoms with E-state index < -0.39 is 0 Å². The third kappa shape index (κ3) is 2.05. The third-order valence-corrected chi connectivity index (χ3v) is 3.03. The fraction of sp³-hybridized carbons (Fsp3) is 0.583. The van der Waals surface area contributed by atoms with Gasteiger partial charge in [-0.1, -0.05) is 5.57 Å². The molecule has 2 aliphatic rings. The van der Waals surface area contributed by atoms with Crippen LogP contribution in [0.15, 0.2) is 23.2 Å².